The molecule has 0 aromatic rings. The van der Waals surface area contributed by atoms with Crippen LogP contribution in [0.1, 0.15) is 33.6 Å². The van der Waals surface area contributed by atoms with Gasteiger partial charge in [0.2, 0.25) is 5.91 Å². The van der Waals surface area contributed by atoms with Gasteiger partial charge >= 0.3 is 5.97 Å². The van der Waals surface area contributed by atoms with Gasteiger partial charge in [0, 0.05) is 11.2 Å². The minimum Gasteiger partial charge on any atom is -0.480 e. The largest absolute Gasteiger partial charge is 0.480 e. The Hall–Kier alpha value is -0.360. The van der Waals surface area contributed by atoms with Crippen LogP contribution in [0.2, 0.25) is 0 Å². The number of aliphatic carboxylic acids is 1. The summed E-state index contributed by atoms with van der Waals surface area (Å²) < 4.78 is -0.446. The molecule has 1 saturated heterocycles. The number of carbonyl (C=O) groups excluding carboxylic acids is 1. The Balaban J connectivity index is 3.02. The fourth-order valence-corrected chi connectivity index (χ4v) is 3.95. The quantitative estimate of drug-likeness (QED) is 0.770. The molecular formula is C11H19NO3S2. The Morgan fingerprint density at radius 2 is 2.06 bits per heavy atom. The lowest BCUT2D eigenvalue weighted by molar-refractivity contribution is -0.150. The number of hydrogen-bond acceptors (Lipinski definition) is 4. The number of carboxylic acids is 1. The molecule has 1 amide bonds. The molecule has 0 radical (unpaired) electrons. The third-order valence-electron chi connectivity index (χ3n) is 2.88. The Morgan fingerprint density at radius 3 is 2.47 bits per heavy atom. The van der Waals surface area contributed by atoms with Crippen LogP contribution in [0.25, 0.3) is 0 Å². The summed E-state index contributed by atoms with van der Waals surface area (Å²) in [6.45, 7) is 5.74. The highest BCUT2D eigenvalue weighted by Crippen LogP contribution is 2.45. The van der Waals surface area contributed by atoms with Crippen LogP contribution in [0.4, 0.5) is 0 Å². The molecule has 1 heterocycles. The van der Waals surface area contributed by atoms with Gasteiger partial charge in [-0.15, -0.1) is 11.8 Å². The summed E-state index contributed by atoms with van der Waals surface area (Å²) in [5, 5.41) is 9.28. The normalized spacial score (nSPS) is 27.2. The first kappa shape index (κ1) is 14.7. The molecule has 0 aromatic heterocycles. The number of nitrogens with zero attached hydrogens (tertiary/aromatic N) is 1. The number of rotatable bonds is 4. The molecule has 1 N–H and O–H groups in total. The maximum Gasteiger partial charge on any atom is 0.327 e. The Morgan fingerprint density at radius 1 is 1.47 bits per heavy atom. The first-order valence-electron chi connectivity index (χ1n) is 5.67. The topological polar surface area (TPSA) is 57.6 Å². The average Bonchev–Trinajstić information content (AvgIpc) is 2.49. The number of hydrogen-bond donors (Lipinski definition) is 2. The Kier molecular flexibility index (Phi) is 4.77. The van der Waals surface area contributed by atoms with Crippen LogP contribution in [0.5, 0.6) is 0 Å². The molecule has 2 unspecified atom stereocenters. The third-order valence-corrected chi connectivity index (χ3v) is 4.77. The lowest BCUT2D eigenvalue weighted by atomic mass is 10.0. The maximum absolute atomic E-state index is 12.0. The van der Waals surface area contributed by atoms with Gasteiger partial charge in [-0.05, 0) is 26.0 Å². The van der Waals surface area contributed by atoms with E-state index in [4.69, 9.17) is 0 Å². The van der Waals surface area contributed by atoms with E-state index in [0.29, 0.717) is 12.2 Å². The second kappa shape index (κ2) is 5.52. The first-order chi connectivity index (χ1) is 7.85. The van der Waals surface area contributed by atoms with Crippen LogP contribution in [-0.4, -0.2) is 43.8 Å². The summed E-state index contributed by atoms with van der Waals surface area (Å²) >= 11 is 5.60. The van der Waals surface area contributed by atoms with Crippen molar-refractivity contribution < 1.29 is 14.7 Å². The monoisotopic (exact) mass is 277 g/mol. The third kappa shape index (κ3) is 2.91. The predicted molar refractivity (Wildman–Crippen MR) is 72.5 cm³/mol. The molecule has 0 bridgehead atoms. The zero-order valence-electron chi connectivity index (χ0n) is 10.3. The molecule has 0 saturated carbocycles. The van der Waals surface area contributed by atoms with Gasteiger partial charge in [0.1, 0.15) is 6.04 Å². The zero-order valence-corrected chi connectivity index (χ0v) is 12.1. The molecule has 1 rings (SSSR count). The number of carboxylic acid groups (broad SMARTS) is 1. The van der Waals surface area contributed by atoms with Crippen molar-refractivity contribution in [1.82, 2.24) is 4.90 Å². The van der Waals surface area contributed by atoms with Crippen molar-refractivity contribution in [2.75, 3.05) is 5.75 Å². The van der Waals surface area contributed by atoms with E-state index in [1.807, 2.05) is 20.8 Å². The lowest BCUT2D eigenvalue weighted by Crippen LogP contribution is -2.50. The molecule has 1 fully saturated rings. The van der Waals surface area contributed by atoms with Gasteiger partial charge in [0.05, 0.1) is 5.37 Å². The fourth-order valence-electron chi connectivity index (χ4n) is 2.20. The van der Waals surface area contributed by atoms with Gasteiger partial charge in [0.25, 0.3) is 0 Å². The molecule has 6 heteroatoms. The van der Waals surface area contributed by atoms with Gasteiger partial charge in [-0.2, -0.15) is 12.6 Å². The second-order valence-electron chi connectivity index (χ2n) is 4.60. The Labute approximate surface area is 112 Å². The van der Waals surface area contributed by atoms with Crippen molar-refractivity contribution >= 4 is 36.3 Å². The summed E-state index contributed by atoms with van der Waals surface area (Å²) in [6.07, 6.45) is 1.05. The van der Waals surface area contributed by atoms with Crippen LogP contribution >= 0.6 is 24.4 Å². The molecule has 0 spiro atoms. The minimum atomic E-state index is -0.925. The molecule has 98 valence electrons. The van der Waals surface area contributed by atoms with Crippen molar-refractivity contribution in [3.8, 4) is 0 Å². The number of thiol groups is 1. The highest BCUT2D eigenvalue weighted by atomic mass is 32.2. The van der Waals surface area contributed by atoms with Crippen LogP contribution in [0, 0.1) is 0 Å². The SMILES string of the molecule is CCC1SC(C)(C)C(C(=O)O)N1C(=O)CCS. The summed E-state index contributed by atoms with van der Waals surface area (Å²) in [4.78, 5) is 24.9. The van der Waals surface area contributed by atoms with E-state index in [0.717, 1.165) is 6.42 Å². The van der Waals surface area contributed by atoms with E-state index in [-0.39, 0.29) is 11.3 Å². The standard InChI is InChI=1S/C11H19NO3S2/c1-4-8-12(7(13)5-6-16)9(10(14)15)11(2,3)17-8/h8-9,16H,4-6H2,1-3H3,(H,14,15). The Bertz CT molecular complexity index is 320. The molecule has 0 aliphatic carbocycles. The highest BCUT2D eigenvalue weighted by Gasteiger charge is 2.52. The van der Waals surface area contributed by atoms with Gasteiger partial charge in [0.15, 0.2) is 0 Å². The first-order valence-corrected chi connectivity index (χ1v) is 7.19. The molecule has 1 aliphatic rings. The van der Waals surface area contributed by atoms with E-state index in [2.05, 4.69) is 12.6 Å². The van der Waals surface area contributed by atoms with E-state index >= 15 is 0 Å². The van der Waals surface area contributed by atoms with Crippen molar-refractivity contribution in [2.45, 2.75) is 49.8 Å². The van der Waals surface area contributed by atoms with Gasteiger partial charge in [-0.1, -0.05) is 6.92 Å². The van der Waals surface area contributed by atoms with Crippen molar-refractivity contribution in [3.05, 3.63) is 0 Å². The minimum absolute atomic E-state index is 0.0431. The summed E-state index contributed by atoms with van der Waals surface area (Å²) in [5.74, 6) is -0.591. The van der Waals surface area contributed by atoms with E-state index in [1.165, 1.54) is 4.90 Å². The van der Waals surface area contributed by atoms with Crippen LogP contribution in [-0.2, 0) is 9.59 Å². The van der Waals surface area contributed by atoms with Crippen molar-refractivity contribution in [3.63, 3.8) is 0 Å². The van der Waals surface area contributed by atoms with Crippen LogP contribution in [0.3, 0.4) is 0 Å². The van der Waals surface area contributed by atoms with Gasteiger partial charge in [-0.3, -0.25) is 4.79 Å². The smallest absolute Gasteiger partial charge is 0.327 e. The van der Waals surface area contributed by atoms with Gasteiger partial charge in [-0.25, -0.2) is 4.79 Å². The molecule has 0 aromatic carbocycles. The molecule has 1 aliphatic heterocycles. The fraction of sp³-hybridized carbons (Fsp3) is 0.818. The van der Waals surface area contributed by atoms with Crippen molar-refractivity contribution in [2.24, 2.45) is 0 Å². The average molecular weight is 277 g/mol. The molecular weight excluding hydrogens is 258 g/mol. The van der Waals surface area contributed by atoms with Crippen molar-refractivity contribution in [1.29, 1.82) is 0 Å². The summed E-state index contributed by atoms with van der Waals surface area (Å²) in [7, 11) is 0. The number of amides is 1. The van der Waals surface area contributed by atoms with E-state index in [9.17, 15) is 14.7 Å². The van der Waals surface area contributed by atoms with Gasteiger partial charge < -0.3 is 10.0 Å². The summed E-state index contributed by atoms with van der Waals surface area (Å²) in [6, 6.07) is -0.746. The maximum atomic E-state index is 12.0. The molecule has 17 heavy (non-hydrogen) atoms. The zero-order chi connectivity index (χ0) is 13.2. The summed E-state index contributed by atoms with van der Waals surface area (Å²) in [5.41, 5.74) is 0. The number of thioether (sulfide) groups is 1. The van der Waals surface area contributed by atoms with E-state index in [1.54, 1.807) is 11.8 Å². The molecule has 4 nitrogen and oxygen atoms in total. The van der Waals surface area contributed by atoms with E-state index < -0.39 is 16.8 Å². The number of carbonyl (C=O) groups is 2. The highest BCUT2D eigenvalue weighted by molar-refractivity contribution is 8.01. The van der Waals surface area contributed by atoms with Crippen LogP contribution in [0.15, 0.2) is 0 Å². The second-order valence-corrected chi connectivity index (χ2v) is 6.88. The van der Waals surface area contributed by atoms with Crippen LogP contribution < -0.4 is 0 Å². The predicted octanol–water partition coefficient (Wildman–Crippen LogP) is 1.85. The lowest BCUT2D eigenvalue weighted by Gasteiger charge is -2.29. The molecule has 2 atom stereocenters.